The summed E-state index contributed by atoms with van der Waals surface area (Å²) < 4.78 is 6.93. The maximum atomic E-state index is 11.9. The van der Waals surface area contributed by atoms with Gasteiger partial charge in [-0.1, -0.05) is 0 Å². The van der Waals surface area contributed by atoms with Crippen LogP contribution in [0.3, 0.4) is 0 Å². The maximum absolute atomic E-state index is 11.9. The molecule has 126 valence electrons. The molecule has 7 heteroatoms. The molecule has 2 rings (SSSR count). The number of aryl methyl sites for hydroxylation is 2. The van der Waals surface area contributed by atoms with Gasteiger partial charge in [-0.15, -0.1) is 11.3 Å². The van der Waals surface area contributed by atoms with Crippen LogP contribution in [-0.2, 0) is 24.9 Å². The number of thiophene rings is 1. The Morgan fingerprint density at radius 3 is 2.74 bits per heavy atom. The van der Waals surface area contributed by atoms with Gasteiger partial charge in [0.25, 0.3) is 0 Å². The van der Waals surface area contributed by atoms with E-state index in [9.17, 15) is 4.79 Å². The van der Waals surface area contributed by atoms with Crippen molar-refractivity contribution in [1.82, 2.24) is 15.1 Å². The Kier molecular flexibility index (Phi) is 5.43. The first-order chi connectivity index (χ1) is 10.8. The van der Waals surface area contributed by atoms with Gasteiger partial charge in [0.05, 0.1) is 6.20 Å². The first-order valence-electron chi connectivity index (χ1n) is 7.51. The van der Waals surface area contributed by atoms with Crippen LogP contribution in [0, 0.1) is 6.92 Å². The van der Waals surface area contributed by atoms with Crippen molar-refractivity contribution in [3.05, 3.63) is 33.6 Å². The zero-order valence-electron chi connectivity index (χ0n) is 14.3. The van der Waals surface area contributed by atoms with Gasteiger partial charge in [-0.3, -0.25) is 10.00 Å². The lowest BCUT2D eigenvalue weighted by atomic mass is 10.2. The van der Waals surface area contributed by atoms with E-state index in [1.807, 2.05) is 20.8 Å². The van der Waals surface area contributed by atoms with Crippen molar-refractivity contribution in [3.63, 3.8) is 0 Å². The lowest BCUT2D eigenvalue weighted by molar-refractivity contribution is 0.0634. The Bertz CT molecular complexity index is 670. The Morgan fingerprint density at radius 1 is 1.39 bits per heavy atom. The molecule has 2 heterocycles. The predicted octanol–water partition coefficient (Wildman–Crippen LogP) is 3.43. The van der Waals surface area contributed by atoms with Crippen LogP contribution in [0.4, 0.5) is 10.6 Å². The number of carbonyl (C=O) groups is 1. The smallest absolute Gasteiger partial charge is 0.413 e. The van der Waals surface area contributed by atoms with E-state index in [-0.39, 0.29) is 0 Å². The van der Waals surface area contributed by atoms with Crippen LogP contribution in [-0.4, -0.2) is 21.5 Å². The minimum Gasteiger partial charge on any atom is -0.444 e. The van der Waals surface area contributed by atoms with Crippen molar-refractivity contribution in [2.24, 2.45) is 7.05 Å². The van der Waals surface area contributed by atoms with Gasteiger partial charge in [0.1, 0.15) is 11.4 Å². The molecular formula is C16H24N4O2S. The first kappa shape index (κ1) is 17.5. The summed E-state index contributed by atoms with van der Waals surface area (Å²) in [6.07, 6.45) is 1.28. The average molecular weight is 336 g/mol. The number of nitrogens with one attached hydrogen (secondary N) is 2. The summed E-state index contributed by atoms with van der Waals surface area (Å²) in [5.41, 5.74) is 1.69. The molecule has 0 radical (unpaired) electrons. The first-order valence-corrected chi connectivity index (χ1v) is 8.39. The van der Waals surface area contributed by atoms with E-state index in [0.717, 1.165) is 12.1 Å². The topological polar surface area (TPSA) is 68.2 Å². The number of hydrogen-bond acceptors (Lipinski definition) is 5. The highest BCUT2D eigenvalue weighted by Crippen LogP contribution is 2.18. The molecular weight excluding hydrogens is 312 g/mol. The molecule has 23 heavy (non-hydrogen) atoms. The van der Waals surface area contributed by atoms with E-state index in [1.165, 1.54) is 10.4 Å². The van der Waals surface area contributed by atoms with Crippen LogP contribution in [0.1, 0.15) is 36.8 Å². The molecule has 2 aromatic heterocycles. The monoisotopic (exact) mass is 336 g/mol. The van der Waals surface area contributed by atoms with Crippen LogP contribution >= 0.6 is 11.3 Å². The molecule has 0 bridgehead atoms. The van der Waals surface area contributed by atoms with Crippen molar-refractivity contribution in [2.75, 3.05) is 5.32 Å². The SMILES string of the molecule is Cc1ccsc1CNCc1cnn(C)c1NC(=O)OC(C)(C)C. The van der Waals surface area contributed by atoms with Crippen LogP contribution < -0.4 is 10.6 Å². The molecule has 0 aliphatic rings. The van der Waals surface area contributed by atoms with Crippen LogP contribution in [0.25, 0.3) is 0 Å². The van der Waals surface area contributed by atoms with E-state index in [4.69, 9.17) is 4.74 Å². The van der Waals surface area contributed by atoms with E-state index < -0.39 is 11.7 Å². The number of amides is 1. The fourth-order valence-electron chi connectivity index (χ4n) is 2.07. The molecule has 0 saturated carbocycles. The fraction of sp³-hybridized carbons (Fsp3) is 0.500. The number of hydrogen-bond donors (Lipinski definition) is 2. The summed E-state index contributed by atoms with van der Waals surface area (Å²) in [6, 6.07) is 2.11. The molecule has 0 fully saturated rings. The van der Waals surface area contributed by atoms with Gasteiger partial charge in [0, 0.05) is 30.6 Å². The summed E-state index contributed by atoms with van der Waals surface area (Å²) in [4.78, 5) is 13.3. The molecule has 2 N–H and O–H groups in total. The Morgan fingerprint density at radius 2 is 2.13 bits per heavy atom. The van der Waals surface area contributed by atoms with Gasteiger partial charge in [-0.05, 0) is 44.7 Å². The summed E-state index contributed by atoms with van der Waals surface area (Å²) in [7, 11) is 1.79. The normalized spacial score (nSPS) is 11.5. The summed E-state index contributed by atoms with van der Waals surface area (Å²) >= 11 is 1.74. The second kappa shape index (κ2) is 7.14. The van der Waals surface area contributed by atoms with Crippen molar-refractivity contribution in [3.8, 4) is 0 Å². The molecule has 0 atom stereocenters. The number of nitrogens with zero attached hydrogens (tertiary/aromatic N) is 2. The number of aromatic nitrogens is 2. The Hall–Kier alpha value is -1.86. The van der Waals surface area contributed by atoms with Crippen molar-refractivity contribution >= 4 is 23.2 Å². The third-order valence-corrected chi connectivity index (χ3v) is 4.23. The van der Waals surface area contributed by atoms with Gasteiger partial charge < -0.3 is 10.1 Å². The van der Waals surface area contributed by atoms with Crippen LogP contribution in [0.5, 0.6) is 0 Å². The minimum absolute atomic E-state index is 0.476. The van der Waals surface area contributed by atoms with E-state index in [1.54, 1.807) is 29.3 Å². The number of rotatable bonds is 5. The standard InChI is InChI=1S/C16H24N4O2S/c1-11-6-7-23-13(11)10-17-8-12-9-18-20(5)14(12)19-15(21)22-16(2,3)4/h6-7,9,17H,8,10H2,1-5H3,(H,19,21). The molecule has 0 aliphatic carbocycles. The number of carbonyl (C=O) groups excluding carboxylic acids is 1. The highest BCUT2D eigenvalue weighted by atomic mass is 32.1. The molecule has 1 amide bonds. The molecule has 6 nitrogen and oxygen atoms in total. The molecule has 0 aromatic carbocycles. The van der Waals surface area contributed by atoms with E-state index >= 15 is 0 Å². The Balaban J connectivity index is 1.95. The third kappa shape index (κ3) is 5.07. The van der Waals surface area contributed by atoms with Crippen molar-refractivity contribution in [2.45, 2.75) is 46.4 Å². The lowest BCUT2D eigenvalue weighted by Gasteiger charge is -2.20. The van der Waals surface area contributed by atoms with Crippen LogP contribution in [0.2, 0.25) is 0 Å². The van der Waals surface area contributed by atoms with E-state index in [0.29, 0.717) is 12.4 Å². The molecule has 0 saturated heterocycles. The van der Waals surface area contributed by atoms with Gasteiger partial charge in [0.15, 0.2) is 0 Å². The highest BCUT2D eigenvalue weighted by Gasteiger charge is 2.19. The van der Waals surface area contributed by atoms with Gasteiger partial charge in [0.2, 0.25) is 0 Å². The zero-order chi connectivity index (χ0) is 17.0. The second-order valence-corrected chi connectivity index (χ2v) is 7.40. The molecule has 0 spiro atoms. The minimum atomic E-state index is -0.530. The average Bonchev–Trinajstić information content (AvgIpc) is 2.97. The van der Waals surface area contributed by atoms with E-state index in [2.05, 4.69) is 34.1 Å². The quantitative estimate of drug-likeness (QED) is 0.878. The van der Waals surface area contributed by atoms with Crippen LogP contribution in [0.15, 0.2) is 17.6 Å². The second-order valence-electron chi connectivity index (χ2n) is 6.40. The van der Waals surface area contributed by atoms with Gasteiger partial charge in [-0.2, -0.15) is 5.10 Å². The van der Waals surface area contributed by atoms with Crippen molar-refractivity contribution < 1.29 is 9.53 Å². The zero-order valence-corrected chi connectivity index (χ0v) is 15.1. The molecule has 0 unspecified atom stereocenters. The summed E-state index contributed by atoms with van der Waals surface area (Å²) in [6.45, 7) is 9.03. The highest BCUT2D eigenvalue weighted by molar-refractivity contribution is 7.10. The molecule has 0 aliphatic heterocycles. The molecule has 2 aromatic rings. The summed E-state index contributed by atoms with van der Waals surface area (Å²) in [5, 5.41) is 12.5. The maximum Gasteiger partial charge on any atom is 0.413 e. The van der Waals surface area contributed by atoms with Gasteiger partial charge >= 0.3 is 6.09 Å². The fourth-order valence-corrected chi connectivity index (χ4v) is 2.95. The lowest BCUT2D eigenvalue weighted by Crippen LogP contribution is -2.28. The third-order valence-electron chi connectivity index (χ3n) is 3.20. The summed E-state index contributed by atoms with van der Waals surface area (Å²) in [5.74, 6) is 0.648. The van der Waals surface area contributed by atoms with Crippen molar-refractivity contribution in [1.29, 1.82) is 0 Å². The number of ether oxygens (including phenoxy) is 1. The largest absolute Gasteiger partial charge is 0.444 e. The predicted molar refractivity (Wildman–Crippen MR) is 92.7 cm³/mol. The van der Waals surface area contributed by atoms with Gasteiger partial charge in [-0.25, -0.2) is 4.79 Å². The Labute approximate surface area is 140 Å². The number of anilines is 1.